The van der Waals surface area contributed by atoms with Gasteiger partial charge in [0.15, 0.2) is 0 Å². The van der Waals surface area contributed by atoms with Crippen LogP contribution in [-0.4, -0.2) is 13.2 Å². The second-order valence-electron chi connectivity index (χ2n) is 3.61. The van der Waals surface area contributed by atoms with E-state index in [2.05, 4.69) is 0 Å². The van der Waals surface area contributed by atoms with Crippen LogP contribution >= 0.6 is 23.2 Å². The summed E-state index contributed by atoms with van der Waals surface area (Å²) in [5.74, 6) is 1.47. The second-order valence-corrected chi connectivity index (χ2v) is 4.48. The lowest BCUT2D eigenvalue weighted by Crippen LogP contribution is -2.08. The van der Waals surface area contributed by atoms with E-state index in [4.69, 9.17) is 32.7 Å². The molecule has 2 rings (SSSR count). The van der Waals surface area contributed by atoms with Crippen molar-refractivity contribution in [2.24, 2.45) is 0 Å². The SMILES string of the molecule is Clc1cccc(OCCOc2cccc(Cl)c2)c1. The third kappa shape index (κ3) is 4.13. The molecule has 0 heterocycles. The van der Waals surface area contributed by atoms with E-state index in [0.717, 1.165) is 11.5 Å². The van der Waals surface area contributed by atoms with E-state index in [1.807, 2.05) is 24.3 Å². The normalized spacial score (nSPS) is 10.1. The molecule has 0 aliphatic carbocycles. The number of hydrogen-bond acceptors (Lipinski definition) is 2. The molecular formula is C14H12Cl2O2. The van der Waals surface area contributed by atoms with Crippen molar-refractivity contribution in [2.75, 3.05) is 13.2 Å². The second kappa shape index (κ2) is 6.53. The molecule has 0 fully saturated rings. The summed E-state index contributed by atoms with van der Waals surface area (Å²) >= 11 is 11.7. The van der Waals surface area contributed by atoms with Gasteiger partial charge in [0.2, 0.25) is 0 Å². The van der Waals surface area contributed by atoms with Crippen LogP contribution in [-0.2, 0) is 0 Å². The minimum absolute atomic E-state index is 0.451. The van der Waals surface area contributed by atoms with Gasteiger partial charge in [0.05, 0.1) is 0 Å². The fourth-order valence-corrected chi connectivity index (χ4v) is 1.79. The van der Waals surface area contributed by atoms with Crippen molar-refractivity contribution < 1.29 is 9.47 Å². The summed E-state index contributed by atoms with van der Waals surface area (Å²) in [6, 6.07) is 14.5. The van der Waals surface area contributed by atoms with E-state index in [1.54, 1.807) is 24.3 Å². The first-order valence-electron chi connectivity index (χ1n) is 5.51. The first-order valence-corrected chi connectivity index (χ1v) is 6.26. The molecule has 0 radical (unpaired) electrons. The van der Waals surface area contributed by atoms with Gasteiger partial charge in [-0.1, -0.05) is 35.3 Å². The first kappa shape index (κ1) is 13.1. The first-order chi connectivity index (χ1) is 8.74. The Morgan fingerprint density at radius 2 is 1.17 bits per heavy atom. The molecule has 0 unspecified atom stereocenters. The number of hydrogen-bond donors (Lipinski definition) is 0. The van der Waals surface area contributed by atoms with Crippen LogP contribution < -0.4 is 9.47 Å². The average Bonchev–Trinajstić information content (AvgIpc) is 2.35. The molecule has 2 aromatic rings. The quantitative estimate of drug-likeness (QED) is 0.755. The highest BCUT2D eigenvalue weighted by atomic mass is 35.5. The molecule has 0 aliphatic heterocycles. The predicted octanol–water partition coefficient (Wildman–Crippen LogP) is 4.45. The van der Waals surface area contributed by atoms with Gasteiger partial charge < -0.3 is 9.47 Å². The Bertz CT molecular complexity index is 467. The molecule has 0 aliphatic rings. The van der Waals surface area contributed by atoms with Gasteiger partial charge in [-0.05, 0) is 36.4 Å². The van der Waals surface area contributed by atoms with Gasteiger partial charge in [0.25, 0.3) is 0 Å². The molecule has 2 aromatic carbocycles. The van der Waals surface area contributed by atoms with Crippen LogP contribution in [0.25, 0.3) is 0 Å². The van der Waals surface area contributed by atoms with Crippen molar-refractivity contribution in [1.82, 2.24) is 0 Å². The Morgan fingerprint density at radius 1 is 0.722 bits per heavy atom. The van der Waals surface area contributed by atoms with E-state index >= 15 is 0 Å². The maximum Gasteiger partial charge on any atom is 0.122 e. The van der Waals surface area contributed by atoms with Gasteiger partial charge in [-0.25, -0.2) is 0 Å². The molecule has 94 valence electrons. The summed E-state index contributed by atoms with van der Waals surface area (Å²) in [5, 5.41) is 1.31. The van der Waals surface area contributed by atoms with Crippen LogP contribution in [0.4, 0.5) is 0 Å². The molecule has 18 heavy (non-hydrogen) atoms. The number of benzene rings is 2. The molecule has 0 aromatic heterocycles. The number of halogens is 2. The summed E-state index contributed by atoms with van der Waals surface area (Å²) in [6.07, 6.45) is 0. The van der Waals surface area contributed by atoms with Crippen LogP contribution in [0.15, 0.2) is 48.5 Å². The highest BCUT2D eigenvalue weighted by molar-refractivity contribution is 6.31. The van der Waals surface area contributed by atoms with E-state index in [0.29, 0.717) is 23.3 Å². The van der Waals surface area contributed by atoms with E-state index in [1.165, 1.54) is 0 Å². The maximum atomic E-state index is 5.85. The van der Waals surface area contributed by atoms with Crippen LogP contribution in [0.2, 0.25) is 10.0 Å². The highest BCUT2D eigenvalue weighted by Crippen LogP contribution is 2.18. The van der Waals surface area contributed by atoms with Gasteiger partial charge in [0.1, 0.15) is 24.7 Å². The van der Waals surface area contributed by atoms with Crippen LogP contribution in [0, 0.1) is 0 Å². The molecule has 4 heteroatoms. The summed E-state index contributed by atoms with van der Waals surface area (Å²) in [4.78, 5) is 0. The number of rotatable bonds is 5. The Labute approximate surface area is 116 Å². The molecule has 0 spiro atoms. The lowest BCUT2D eigenvalue weighted by Gasteiger charge is -2.08. The van der Waals surface area contributed by atoms with Gasteiger partial charge in [-0.2, -0.15) is 0 Å². The van der Waals surface area contributed by atoms with Crippen LogP contribution in [0.1, 0.15) is 0 Å². The van der Waals surface area contributed by atoms with E-state index < -0.39 is 0 Å². The van der Waals surface area contributed by atoms with Crippen LogP contribution in [0.5, 0.6) is 11.5 Å². The topological polar surface area (TPSA) is 18.5 Å². The van der Waals surface area contributed by atoms with Gasteiger partial charge in [-0.15, -0.1) is 0 Å². The largest absolute Gasteiger partial charge is 0.490 e. The lowest BCUT2D eigenvalue weighted by atomic mass is 10.3. The Hall–Kier alpha value is -1.38. The van der Waals surface area contributed by atoms with Gasteiger partial charge in [0, 0.05) is 10.0 Å². The van der Waals surface area contributed by atoms with Crippen LogP contribution in [0.3, 0.4) is 0 Å². The third-order valence-electron chi connectivity index (χ3n) is 2.21. The fourth-order valence-electron chi connectivity index (χ4n) is 1.43. The summed E-state index contributed by atoms with van der Waals surface area (Å²) in [5.41, 5.74) is 0. The molecule has 0 bridgehead atoms. The Balaban J connectivity index is 1.76. The zero-order valence-corrected chi connectivity index (χ0v) is 11.1. The highest BCUT2D eigenvalue weighted by Gasteiger charge is 1.97. The van der Waals surface area contributed by atoms with Gasteiger partial charge >= 0.3 is 0 Å². The van der Waals surface area contributed by atoms with E-state index in [-0.39, 0.29) is 0 Å². The standard InChI is InChI=1S/C14H12Cl2O2/c15-11-3-1-5-13(9-11)17-7-8-18-14-6-2-4-12(16)10-14/h1-6,9-10H,7-8H2. The summed E-state index contributed by atoms with van der Waals surface area (Å²) in [7, 11) is 0. The predicted molar refractivity (Wildman–Crippen MR) is 73.9 cm³/mol. The Kier molecular flexibility index (Phi) is 4.73. The zero-order valence-electron chi connectivity index (χ0n) is 9.61. The lowest BCUT2D eigenvalue weighted by molar-refractivity contribution is 0.217. The summed E-state index contributed by atoms with van der Waals surface area (Å²) < 4.78 is 11.0. The zero-order chi connectivity index (χ0) is 12.8. The van der Waals surface area contributed by atoms with Gasteiger partial charge in [-0.3, -0.25) is 0 Å². The van der Waals surface area contributed by atoms with Crippen molar-refractivity contribution in [2.45, 2.75) is 0 Å². The minimum atomic E-state index is 0.451. The third-order valence-corrected chi connectivity index (χ3v) is 2.68. The van der Waals surface area contributed by atoms with Crippen molar-refractivity contribution in [3.63, 3.8) is 0 Å². The molecular weight excluding hydrogens is 271 g/mol. The van der Waals surface area contributed by atoms with E-state index in [9.17, 15) is 0 Å². The maximum absolute atomic E-state index is 5.85. The van der Waals surface area contributed by atoms with Crippen molar-refractivity contribution >= 4 is 23.2 Å². The molecule has 0 saturated heterocycles. The molecule has 0 N–H and O–H groups in total. The Morgan fingerprint density at radius 3 is 1.56 bits per heavy atom. The van der Waals surface area contributed by atoms with Crippen molar-refractivity contribution in [3.8, 4) is 11.5 Å². The molecule has 2 nitrogen and oxygen atoms in total. The summed E-state index contributed by atoms with van der Waals surface area (Å²) in [6.45, 7) is 0.902. The minimum Gasteiger partial charge on any atom is -0.490 e. The monoisotopic (exact) mass is 282 g/mol. The van der Waals surface area contributed by atoms with Crippen molar-refractivity contribution in [3.05, 3.63) is 58.6 Å². The smallest absolute Gasteiger partial charge is 0.122 e. The fraction of sp³-hybridized carbons (Fsp3) is 0.143. The number of ether oxygens (including phenoxy) is 2. The average molecular weight is 283 g/mol. The molecule has 0 saturated carbocycles. The molecule has 0 amide bonds. The van der Waals surface area contributed by atoms with Crippen molar-refractivity contribution in [1.29, 1.82) is 0 Å². The molecule has 0 atom stereocenters.